The fraction of sp³-hybridized carbons (Fsp3) is 0.444. The van der Waals surface area contributed by atoms with E-state index in [1.54, 1.807) is 11.1 Å². The van der Waals surface area contributed by atoms with Crippen LogP contribution in [0.25, 0.3) is 22.3 Å². The zero-order valence-electron chi connectivity index (χ0n) is 37.7. The Balaban J connectivity index is 0.000000136. The van der Waals surface area contributed by atoms with E-state index in [4.69, 9.17) is 9.47 Å². The Morgan fingerprint density at radius 2 is 1.32 bits per heavy atom. The van der Waals surface area contributed by atoms with Gasteiger partial charge in [-0.1, -0.05) is 6.08 Å². The average Bonchev–Trinajstić information content (AvgIpc) is 3.22. The molecule has 60 heavy (non-hydrogen) atoms. The molecule has 0 saturated carbocycles. The minimum atomic E-state index is -0.0200. The van der Waals surface area contributed by atoms with Crippen molar-refractivity contribution in [3.63, 3.8) is 0 Å². The maximum Gasteiger partial charge on any atom is 0.211 e. The van der Waals surface area contributed by atoms with E-state index in [2.05, 4.69) is 137 Å². The third-order valence-corrected chi connectivity index (χ3v) is 15.6. The molecule has 0 spiro atoms. The van der Waals surface area contributed by atoms with E-state index in [9.17, 15) is 0 Å². The fourth-order valence-electron chi connectivity index (χ4n) is 12.1. The van der Waals surface area contributed by atoms with E-state index >= 15 is 0 Å². The maximum absolute atomic E-state index is 6.91. The van der Waals surface area contributed by atoms with E-state index in [-0.39, 0.29) is 11.1 Å². The number of hydrogen-bond donors (Lipinski definition) is 0. The molecule has 308 valence electrons. The first-order chi connectivity index (χ1) is 28.7. The minimum Gasteiger partial charge on any atom is -0.456 e. The van der Waals surface area contributed by atoms with Crippen LogP contribution < -0.4 is 49.6 Å². The van der Waals surface area contributed by atoms with Crippen LogP contribution in [-0.4, -0.2) is 51.4 Å². The highest BCUT2D eigenvalue weighted by atomic mass is 16.5. The molecule has 0 amide bonds. The van der Waals surface area contributed by atoms with E-state index in [1.165, 1.54) is 164 Å². The van der Waals surface area contributed by atoms with Crippen molar-refractivity contribution >= 4 is 33.7 Å². The molecule has 0 saturated heterocycles. The lowest BCUT2D eigenvalue weighted by Gasteiger charge is -2.41. The minimum absolute atomic E-state index is 0.0200. The normalized spacial score (nSPS) is 20.6. The number of anilines is 2. The molecule has 6 nitrogen and oxygen atoms in total. The Morgan fingerprint density at radius 3 is 2.12 bits per heavy atom. The van der Waals surface area contributed by atoms with Crippen LogP contribution in [0.4, 0.5) is 11.4 Å². The topological polar surface area (TPSA) is 31.0 Å². The lowest BCUT2D eigenvalue weighted by Crippen LogP contribution is -2.47. The van der Waals surface area contributed by atoms with Crippen molar-refractivity contribution < 1.29 is 9.47 Å². The molecule has 0 fully saturated rings. The van der Waals surface area contributed by atoms with Crippen molar-refractivity contribution in [3.8, 4) is 23.0 Å². The van der Waals surface area contributed by atoms with Gasteiger partial charge in [-0.25, -0.2) is 9.15 Å². The van der Waals surface area contributed by atoms with Crippen molar-refractivity contribution in [2.45, 2.75) is 118 Å². The first-order valence-corrected chi connectivity index (χ1v) is 22.9. The van der Waals surface area contributed by atoms with E-state index in [0.29, 0.717) is 0 Å². The first kappa shape index (κ1) is 37.9. The zero-order chi connectivity index (χ0) is 41.6. The van der Waals surface area contributed by atoms with Crippen LogP contribution in [0.2, 0.25) is 0 Å². The predicted molar refractivity (Wildman–Crippen MR) is 248 cm³/mol. The Hall–Kier alpha value is -5.10. The molecule has 0 aromatic heterocycles. The number of hydrogen-bond acceptors (Lipinski definition) is 4. The number of rotatable bonds is 0. The van der Waals surface area contributed by atoms with E-state index < -0.39 is 0 Å². The summed E-state index contributed by atoms with van der Waals surface area (Å²) in [6, 6.07) is 14.0. The Labute approximate surface area is 356 Å². The molecule has 0 bridgehead atoms. The number of ether oxygens (including phenoxy) is 2. The van der Waals surface area contributed by atoms with Crippen molar-refractivity contribution in [1.82, 2.24) is 9.15 Å². The van der Waals surface area contributed by atoms with E-state index in [0.717, 1.165) is 24.3 Å². The second-order valence-electron chi connectivity index (χ2n) is 20.1. The third kappa shape index (κ3) is 5.50. The van der Waals surface area contributed by atoms with Gasteiger partial charge in [0, 0.05) is 108 Å². The SMILES string of the molecule is CC1=CC(C)(C)N(C)c2cc3c(cc21)C(C)=c1cc2c(cc1O3)=[N+](C)C(C)(C)C=C2C.CC1=c2cc3c4c(c2Oc2c1cc1c5c2CCCN5CCC1)CCC[N+]=4CCC3. The molecule has 6 heteroatoms. The molecular weight excluding hydrogens is 737 g/mol. The van der Waals surface area contributed by atoms with Crippen LogP contribution in [-0.2, 0) is 25.7 Å². The summed E-state index contributed by atoms with van der Waals surface area (Å²) in [5.41, 5.74) is 19.3. The van der Waals surface area contributed by atoms with Gasteiger partial charge in [0.1, 0.15) is 43.1 Å². The monoisotopic (exact) mass is 798 g/mol. The van der Waals surface area contributed by atoms with Gasteiger partial charge in [-0.2, -0.15) is 0 Å². The molecule has 4 aromatic rings. The Bertz CT molecular complexity index is 2950. The smallest absolute Gasteiger partial charge is 0.211 e. The summed E-state index contributed by atoms with van der Waals surface area (Å²) >= 11 is 0. The highest BCUT2D eigenvalue weighted by molar-refractivity contribution is 5.87. The van der Waals surface area contributed by atoms with Crippen molar-refractivity contribution in [3.05, 3.63) is 114 Å². The summed E-state index contributed by atoms with van der Waals surface area (Å²) in [5, 5.41) is 5.31. The van der Waals surface area contributed by atoms with Gasteiger partial charge in [0.15, 0.2) is 5.54 Å². The van der Waals surface area contributed by atoms with Crippen LogP contribution in [0.1, 0.15) is 126 Å². The largest absolute Gasteiger partial charge is 0.456 e. The van der Waals surface area contributed by atoms with Gasteiger partial charge in [-0.05, 0) is 138 Å². The number of nitrogens with zero attached hydrogens (tertiary/aromatic N) is 4. The highest BCUT2D eigenvalue weighted by Crippen LogP contribution is 2.48. The molecule has 4 aromatic carbocycles. The van der Waals surface area contributed by atoms with Crippen LogP contribution in [0, 0.1) is 0 Å². The molecule has 0 unspecified atom stereocenters. The van der Waals surface area contributed by atoms with Crippen molar-refractivity contribution in [2.75, 3.05) is 50.1 Å². The third-order valence-electron chi connectivity index (χ3n) is 15.6. The standard InChI is InChI=1S/C28H33N2O.C26H29N2O/c1-16-14-27(4,5)29(8)23-12-25-21(10-19(16)23)18(3)22-11-20-17(2)15-28(6,7)30(9)24(20)13-26(22)31-25;1-16-21-14-17-6-2-10-27-12-4-8-19(23(17)27)25(21)29-26-20-9-5-13-28-11-3-7-18(24(20)28)15-22(16)26/h10-15H,1-9H3;14-15H,2-13H2,1H3/q2*+1. The lowest BCUT2D eigenvalue weighted by atomic mass is 9.85. The van der Waals surface area contributed by atoms with Gasteiger partial charge >= 0.3 is 0 Å². The molecule has 12 rings (SSSR count). The number of aryl methyl sites for hydroxylation is 2. The van der Waals surface area contributed by atoms with Gasteiger partial charge in [0.2, 0.25) is 10.7 Å². The van der Waals surface area contributed by atoms with Crippen LogP contribution in [0.15, 0.2) is 48.6 Å². The zero-order valence-corrected chi connectivity index (χ0v) is 37.7. The second kappa shape index (κ2) is 13.2. The summed E-state index contributed by atoms with van der Waals surface area (Å²) in [6.45, 7) is 22.9. The van der Waals surface area contributed by atoms with Crippen LogP contribution in [0.5, 0.6) is 23.0 Å². The number of benzene rings is 4. The van der Waals surface area contributed by atoms with E-state index in [1.807, 2.05) is 0 Å². The molecule has 0 radical (unpaired) electrons. The van der Waals surface area contributed by atoms with Crippen LogP contribution in [0.3, 0.4) is 0 Å². The lowest BCUT2D eigenvalue weighted by molar-refractivity contribution is 0.431. The van der Waals surface area contributed by atoms with Gasteiger partial charge in [0.25, 0.3) is 0 Å². The maximum atomic E-state index is 6.91. The molecule has 0 atom stereocenters. The summed E-state index contributed by atoms with van der Waals surface area (Å²) in [7, 11) is 4.34. The van der Waals surface area contributed by atoms with Crippen molar-refractivity contribution in [1.29, 1.82) is 0 Å². The Kier molecular flexibility index (Phi) is 8.33. The second-order valence-corrected chi connectivity index (χ2v) is 20.1. The van der Waals surface area contributed by atoms with Gasteiger partial charge < -0.3 is 19.3 Å². The predicted octanol–water partition coefficient (Wildman–Crippen LogP) is 8.05. The molecular formula is C54H62N4O2+2. The number of fused-ring (bicyclic) bond motifs is 8. The number of allylic oxidation sites excluding steroid dienone is 2. The molecule has 0 N–H and O–H groups in total. The van der Waals surface area contributed by atoms with Gasteiger partial charge in [-0.15, -0.1) is 0 Å². The van der Waals surface area contributed by atoms with Gasteiger partial charge in [-0.3, -0.25) is 0 Å². The molecule has 8 aliphatic rings. The van der Waals surface area contributed by atoms with Crippen LogP contribution >= 0.6 is 0 Å². The molecule has 8 aliphatic heterocycles. The summed E-state index contributed by atoms with van der Waals surface area (Å²) in [5.74, 6) is 4.27. The van der Waals surface area contributed by atoms with Crippen molar-refractivity contribution in [2.24, 2.45) is 0 Å². The average molecular weight is 799 g/mol. The summed E-state index contributed by atoms with van der Waals surface area (Å²) in [4.78, 5) is 4.98. The quantitative estimate of drug-likeness (QED) is 0.169. The molecule has 8 heterocycles. The summed E-state index contributed by atoms with van der Waals surface area (Å²) < 4.78 is 18.5. The first-order valence-electron chi connectivity index (χ1n) is 22.9. The number of likely N-dealkylation sites (N-methyl/N-ethyl adjacent to an activating group) is 2. The molecule has 0 aliphatic carbocycles. The fourth-order valence-corrected chi connectivity index (χ4v) is 12.1. The highest BCUT2D eigenvalue weighted by Gasteiger charge is 2.36. The summed E-state index contributed by atoms with van der Waals surface area (Å²) in [6.07, 6.45) is 14.6. The Morgan fingerprint density at radius 1 is 0.617 bits per heavy atom. The van der Waals surface area contributed by atoms with Gasteiger partial charge in [0.05, 0.1) is 17.2 Å².